The zero-order valence-electron chi connectivity index (χ0n) is 15.6. The van der Waals surface area contributed by atoms with E-state index in [1.54, 1.807) is 12.1 Å². The molecule has 0 spiro atoms. The van der Waals surface area contributed by atoms with Gasteiger partial charge in [0, 0.05) is 24.8 Å². The first-order valence-corrected chi connectivity index (χ1v) is 10.2. The monoisotopic (exact) mass is 385 g/mol. The van der Waals surface area contributed by atoms with Crippen molar-refractivity contribution >= 4 is 5.91 Å². The number of rotatable bonds is 4. The minimum absolute atomic E-state index is 0.0275. The molecule has 5 rings (SSSR count). The maximum absolute atomic E-state index is 13.2. The van der Waals surface area contributed by atoms with E-state index in [9.17, 15) is 9.18 Å². The summed E-state index contributed by atoms with van der Waals surface area (Å²) in [5.74, 6) is 1.47. The molecule has 1 aromatic carbocycles. The van der Waals surface area contributed by atoms with Crippen molar-refractivity contribution in [3.63, 3.8) is 0 Å². The number of hydrogen-bond donors (Lipinski definition) is 1. The predicted octanol–water partition coefficient (Wildman–Crippen LogP) is 3.30. The molecule has 2 bridgehead atoms. The number of amides is 1. The molecule has 7 heteroatoms. The molecule has 1 amide bonds. The summed E-state index contributed by atoms with van der Waals surface area (Å²) >= 11 is 0. The number of nitrogens with one attached hydrogen (secondary N) is 1. The summed E-state index contributed by atoms with van der Waals surface area (Å²) in [4.78, 5) is 17.7. The Kier molecular flexibility index (Phi) is 4.62. The summed E-state index contributed by atoms with van der Waals surface area (Å²) in [6.07, 6.45) is 4.97. The molecule has 1 aliphatic heterocycles. The molecule has 4 atom stereocenters. The first kappa shape index (κ1) is 17.8. The minimum atomic E-state index is -0.301. The number of fused-ring (bicyclic) bond motifs is 2. The van der Waals surface area contributed by atoms with E-state index in [1.165, 1.54) is 12.1 Å². The van der Waals surface area contributed by atoms with Crippen molar-refractivity contribution in [1.29, 1.82) is 0 Å². The third kappa shape index (κ3) is 3.21. The van der Waals surface area contributed by atoms with Crippen molar-refractivity contribution < 1.29 is 18.4 Å². The van der Waals surface area contributed by atoms with Crippen LogP contribution in [0.4, 0.5) is 4.39 Å². The average Bonchev–Trinajstić information content (AvgIpc) is 3.45. The van der Waals surface area contributed by atoms with Gasteiger partial charge in [0.1, 0.15) is 5.82 Å². The Morgan fingerprint density at radius 3 is 2.61 bits per heavy atom. The Labute approximate surface area is 162 Å². The highest BCUT2D eigenvalue weighted by molar-refractivity contribution is 5.81. The van der Waals surface area contributed by atoms with Crippen LogP contribution in [-0.2, 0) is 9.53 Å². The molecule has 1 aromatic heterocycles. The van der Waals surface area contributed by atoms with E-state index in [0.29, 0.717) is 42.3 Å². The fourth-order valence-corrected chi connectivity index (χ4v) is 5.25. The van der Waals surface area contributed by atoms with E-state index in [4.69, 9.17) is 9.26 Å². The number of carbonyl (C=O) groups excluding carboxylic acids is 1. The number of hydrogen-bond acceptors (Lipinski definition) is 5. The van der Waals surface area contributed by atoms with Gasteiger partial charge in [-0.15, -0.1) is 0 Å². The number of halogens is 1. The van der Waals surface area contributed by atoms with Crippen molar-refractivity contribution in [2.75, 3.05) is 13.2 Å². The maximum Gasteiger partial charge on any atom is 0.231 e. The smallest absolute Gasteiger partial charge is 0.231 e. The van der Waals surface area contributed by atoms with Gasteiger partial charge in [-0.3, -0.25) is 4.79 Å². The molecule has 0 unspecified atom stereocenters. The third-order valence-electron chi connectivity index (χ3n) is 6.62. The zero-order chi connectivity index (χ0) is 19.1. The standard InChI is InChI=1S/C21H24FN3O3/c22-15-5-3-12(4-6-15)19-24-21(28-25-19)18-14-2-1-13(11-14)17(18)20(26)23-16-7-9-27-10-8-16/h3-6,13-14,16-18H,1-2,7-11H2,(H,23,26)/t13-,14+,17-,18-/m0/s1. The quantitative estimate of drug-likeness (QED) is 0.874. The highest BCUT2D eigenvalue weighted by Crippen LogP contribution is 2.56. The number of aromatic nitrogens is 2. The van der Waals surface area contributed by atoms with Gasteiger partial charge in [0.2, 0.25) is 17.6 Å². The lowest BCUT2D eigenvalue weighted by Gasteiger charge is -2.30. The minimum Gasteiger partial charge on any atom is -0.381 e. The summed E-state index contributed by atoms with van der Waals surface area (Å²) in [5, 5.41) is 7.34. The van der Waals surface area contributed by atoms with E-state index in [0.717, 1.165) is 32.1 Å². The Morgan fingerprint density at radius 1 is 1.07 bits per heavy atom. The van der Waals surface area contributed by atoms with Crippen LogP contribution in [0.15, 0.2) is 28.8 Å². The van der Waals surface area contributed by atoms with E-state index in [1.807, 2.05) is 0 Å². The molecular weight excluding hydrogens is 361 g/mol. The fourth-order valence-electron chi connectivity index (χ4n) is 5.25. The van der Waals surface area contributed by atoms with Gasteiger partial charge in [0.25, 0.3) is 0 Å². The van der Waals surface area contributed by atoms with Crippen molar-refractivity contribution in [3.8, 4) is 11.4 Å². The van der Waals surface area contributed by atoms with E-state index in [-0.39, 0.29) is 29.6 Å². The fraction of sp³-hybridized carbons (Fsp3) is 0.571. The number of ether oxygens (including phenoxy) is 1. The van der Waals surface area contributed by atoms with Crippen LogP contribution in [0.2, 0.25) is 0 Å². The lowest BCUT2D eigenvalue weighted by Crippen LogP contribution is -2.44. The highest BCUT2D eigenvalue weighted by Gasteiger charge is 2.53. The van der Waals surface area contributed by atoms with Crippen molar-refractivity contribution in [1.82, 2.24) is 15.5 Å². The molecule has 3 fully saturated rings. The van der Waals surface area contributed by atoms with Crippen LogP contribution in [-0.4, -0.2) is 35.3 Å². The molecule has 3 aliphatic rings. The molecular formula is C21H24FN3O3. The molecule has 2 aliphatic carbocycles. The van der Waals surface area contributed by atoms with Crippen LogP contribution in [0, 0.1) is 23.6 Å². The second-order valence-corrected chi connectivity index (χ2v) is 8.24. The summed E-state index contributed by atoms with van der Waals surface area (Å²) in [6.45, 7) is 1.41. The normalized spacial score (nSPS) is 29.9. The van der Waals surface area contributed by atoms with Crippen LogP contribution < -0.4 is 5.32 Å². The maximum atomic E-state index is 13.2. The van der Waals surface area contributed by atoms with Crippen molar-refractivity contribution in [2.45, 2.75) is 44.1 Å². The van der Waals surface area contributed by atoms with Gasteiger partial charge in [0.05, 0.1) is 11.8 Å². The summed E-state index contributed by atoms with van der Waals surface area (Å²) < 4.78 is 24.2. The summed E-state index contributed by atoms with van der Waals surface area (Å²) in [7, 11) is 0. The average molecular weight is 385 g/mol. The lowest BCUT2D eigenvalue weighted by atomic mass is 9.78. The van der Waals surface area contributed by atoms with Crippen molar-refractivity contribution in [2.24, 2.45) is 17.8 Å². The molecule has 148 valence electrons. The molecule has 0 radical (unpaired) electrons. The summed E-state index contributed by atoms with van der Waals surface area (Å²) in [5.41, 5.74) is 0.711. The van der Waals surface area contributed by atoms with Crippen molar-refractivity contribution in [3.05, 3.63) is 36.0 Å². The number of carbonyl (C=O) groups is 1. The van der Waals surface area contributed by atoms with Gasteiger partial charge < -0.3 is 14.6 Å². The molecule has 2 heterocycles. The first-order valence-electron chi connectivity index (χ1n) is 10.2. The molecule has 6 nitrogen and oxygen atoms in total. The van der Waals surface area contributed by atoms with E-state index >= 15 is 0 Å². The van der Waals surface area contributed by atoms with Gasteiger partial charge in [-0.2, -0.15) is 4.98 Å². The number of benzene rings is 1. The summed E-state index contributed by atoms with van der Waals surface area (Å²) in [6, 6.07) is 6.23. The first-order chi connectivity index (χ1) is 13.7. The Balaban J connectivity index is 1.37. The van der Waals surface area contributed by atoms with Gasteiger partial charge in [-0.25, -0.2) is 4.39 Å². The van der Waals surface area contributed by atoms with Crippen LogP contribution in [0.5, 0.6) is 0 Å². The lowest BCUT2D eigenvalue weighted by molar-refractivity contribution is -0.128. The third-order valence-corrected chi connectivity index (χ3v) is 6.62. The molecule has 2 aromatic rings. The van der Waals surface area contributed by atoms with Gasteiger partial charge in [0.15, 0.2) is 0 Å². The Morgan fingerprint density at radius 2 is 1.82 bits per heavy atom. The van der Waals surface area contributed by atoms with Crippen LogP contribution in [0.1, 0.15) is 43.9 Å². The largest absolute Gasteiger partial charge is 0.381 e. The zero-order valence-corrected chi connectivity index (χ0v) is 15.6. The van der Waals surface area contributed by atoms with Gasteiger partial charge in [-0.1, -0.05) is 5.16 Å². The van der Waals surface area contributed by atoms with Crippen LogP contribution in [0.3, 0.4) is 0 Å². The number of nitrogens with zero attached hydrogens (tertiary/aromatic N) is 2. The molecule has 1 N–H and O–H groups in total. The van der Waals surface area contributed by atoms with E-state index in [2.05, 4.69) is 15.5 Å². The van der Waals surface area contributed by atoms with Crippen LogP contribution >= 0.6 is 0 Å². The van der Waals surface area contributed by atoms with Crippen LogP contribution in [0.25, 0.3) is 11.4 Å². The second-order valence-electron chi connectivity index (χ2n) is 8.24. The topological polar surface area (TPSA) is 77.2 Å². The molecule has 2 saturated carbocycles. The Bertz CT molecular complexity index is 847. The SMILES string of the molecule is O=C(NC1CCOCC1)[C@H]1[C@H]2CC[C@H](C2)[C@@H]1c1nc(-c2ccc(F)cc2)no1. The predicted molar refractivity (Wildman–Crippen MR) is 98.7 cm³/mol. The second kappa shape index (κ2) is 7.28. The molecule has 28 heavy (non-hydrogen) atoms. The highest BCUT2D eigenvalue weighted by atomic mass is 19.1. The van der Waals surface area contributed by atoms with Gasteiger partial charge >= 0.3 is 0 Å². The van der Waals surface area contributed by atoms with Gasteiger partial charge in [-0.05, 0) is 68.2 Å². The Hall–Kier alpha value is -2.28. The van der Waals surface area contributed by atoms with E-state index < -0.39 is 0 Å². The molecule has 1 saturated heterocycles.